The molecule has 0 spiro atoms. The predicted molar refractivity (Wildman–Crippen MR) is 53.7 cm³/mol. The number of nitrogens with one attached hydrogen (secondary N) is 1. The lowest BCUT2D eigenvalue weighted by molar-refractivity contribution is -0.142. The van der Waals surface area contributed by atoms with Crippen molar-refractivity contribution in [3.05, 3.63) is 0 Å². The van der Waals surface area contributed by atoms with E-state index in [0.29, 0.717) is 5.62 Å². The molecule has 5 nitrogen and oxygen atoms in total. The number of hydrogen-bond donors (Lipinski definition) is 2. The first kappa shape index (κ1) is 13.0. The Morgan fingerprint density at radius 1 is 1.50 bits per heavy atom. The van der Waals surface area contributed by atoms with E-state index in [1.807, 2.05) is 0 Å². The van der Waals surface area contributed by atoms with E-state index in [2.05, 4.69) is 5.32 Å². The van der Waals surface area contributed by atoms with Crippen molar-refractivity contribution in [2.45, 2.75) is 31.6 Å². The summed E-state index contributed by atoms with van der Waals surface area (Å²) in [4.78, 5) is 31.8. The number of carboxylic acid groups (broad SMARTS) is 1. The molecule has 0 aliphatic carbocycles. The van der Waals surface area contributed by atoms with Crippen LogP contribution in [0.1, 0.15) is 20.8 Å². The molecule has 0 fully saturated rings. The van der Waals surface area contributed by atoms with Gasteiger partial charge in [0, 0.05) is 11.7 Å². The van der Waals surface area contributed by atoms with Crippen molar-refractivity contribution >= 4 is 29.3 Å². The lowest BCUT2D eigenvalue weighted by Crippen LogP contribution is -2.51. The summed E-state index contributed by atoms with van der Waals surface area (Å²) >= 11 is 0.836. The Morgan fingerprint density at radius 3 is 2.29 bits per heavy atom. The molecule has 0 saturated heterocycles. The molecular formula is C8H13NO4S. The number of aliphatic carboxylic acids is 1. The Bertz CT molecular complexity index is 252. The normalized spacial score (nSPS) is 13.1. The van der Waals surface area contributed by atoms with Gasteiger partial charge < -0.3 is 10.4 Å². The molecule has 2 N–H and O–H groups in total. The van der Waals surface area contributed by atoms with E-state index in [-0.39, 0.29) is 0 Å². The highest BCUT2D eigenvalue weighted by Crippen LogP contribution is 2.26. The molecule has 1 atom stereocenters. The molecule has 0 aliphatic rings. The smallest absolute Gasteiger partial charge is 0.327 e. The van der Waals surface area contributed by atoms with Gasteiger partial charge in [-0.25, -0.2) is 4.79 Å². The number of hydrogen-bond acceptors (Lipinski definition) is 4. The summed E-state index contributed by atoms with van der Waals surface area (Å²) in [5, 5.41) is 11.1. The number of carbonyl (C=O) groups excluding carboxylic acids is 2. The van der Waals surface area contributed by atoms with Crippen molar-refractivity contribution in [3.8, 4) is 0 Å². The van der Waals surface area contributed by atoms with Gasteiger partial charge in [0.15, 0.2) is 5.62 Å². The molecule has 1 amide bonds. The van der Waals surface area contributed by atoms with Crippen LogP contribution in [-0.2, 0) is 14.4 Å². The van der Waals surface area contributed by atoms with E-state index in [9.17, 15) is 14.4 Å². The fraction of sp³-hybridized carbons (Fsp3) is 0.625. The van der Waals surface area contributed by atoms with Crippen LogP contribution in [0.25, 0.3) is 0 Å². The Kier molecular flexibility index (Phi) is 4.62. The van der Waals surface area contributed by atoms with Crippen LogP contribution in [0.2, 0.25) is 0 Å². The van der Waals surface area contributed by atoms with Gasteiger partial charge in [-0.05, 0) is 13.8 Å². The lowest BCUT2D eigenvalue weighted by Gasteiger charge is -2.28. The first-order chi connectivity index (χ1) is 6.31. The molecule has 0 saturated carbocycles. The monoisotopic (exact) mass is 219 g/mol. The van der Waals surface area contributed by atoms with Crippen LogP contribution in [-0.4, -0.2) is 33.4 Å². The fourth-order valence-corrected chi connectivity index (χ4v) is 1.47. The van der Waals surface area contributed by atoms with E-state index >= 15 is 0 Å². The molecule has 0 heterocycles. The summed E-state index contributed by atoms with van der Waals surface area (Å²) in [6, 6.07) is -1.07. The summed E-state index contributed by atoms with van der Waals surface area (Å²) in [6.45, 7) is 4.40. The number of carboxylic acids is 1. The minimum atomic E-state index is -1.15. The zero-order valence-corrected chi connectivity index (χ0v) is 9.05. The van der Waals surface area contributed by atoms with Crippen LogP contribution in [0.5, 0.6) is 0 Å². The summed E-state index contributed by atoms with van der Waals surface area (Å²) < 4.78 is -0.862. The van der Waals surface area contributed by atoms with Crippen molar-refractivity contribution in [1.29, 1.82) is 0 Å². The third-order valence-electron chi connectivity index (χ3n) is 1.64. The second-order valence-electron chi connectivity index (χ2n) is 3.29. The molecule has 0 radical (unpaired) electrons. The van der Waals surface area contributed by atoms with Gasteiger partial charge >= 0.3 is 5.97 Å². The Balaban J connectivity index is 4.71. The maximum atomic E-state index is 10.8. The Hall–Kier alpha value is -1.04. The number of amides is 1. The molecule has 6 heteroatoms. The maximum absolute atomic E-state index is 10.8. The van der Waals surface area contributed by atoms with Crippen molar-refractivity contribution in [2.24, 2.45) is 0 Å². The van der Waals surface area contributed by atoms with Crippen LogP contribution in [0, 0.1) is 0 Å². The third kappa shape index (κ3) is 3.78. The number of rotatable bonds is 5. The highest BCUT2D eigenvalue weighted by atomic mass is 32.2. The van der Waals surface area contributed by atoms with Crippen molar-refractivity contribution in [3.63, 3.8) is 0 Å². The quantitative estimate of drug-likeness (QED) is 0.649. The van der Waals surface area contributed by atoms with Crippen LogP contribution < -0.4 is 5.32 Å². The van der Waals surface area contributed by atoms with E-state index in [1.165, 1.54) is 6.92 Å². The van der Waals surface area contributed by atoms with Gasteiger partial charge in [0.25, 0.3) is 0 Å². The van der Waals surface area contributed by atoms with E-state index in [1.54, 1.807) is 13.8 Å². The maximum Gasteiger partial charge on any atom is 0.327 e. The van der Waals surface area contributed by atoms with E-state index in [4.69, 9.17) is 5.11 Å². The topological polar surface area (TPSA) is 83.5 Å². The lowest BCUT2D eigenvalue weighted by atomic mass is 10.0. The molecular weight excluding hydrogens is 206 g/mol. The van der Waals surface area contributed by atoms with Gasteiger partial charge in [0.05, 0.1) is 0 Å². The molecule has 80 valence electrons. The standard InChI is InChI=1S/C8H13NO4S/c1-5(11)9-6(7(12)13)8(2,3)14-4-10/h4,6H,1-3H3,(H,9,11)(H,12,13)/t6-/m1/s1. The number of carbonyl (C=O) groups is 3. The van der Waals surface area contributed by atoms with Crippen molar-refractivity contribution < 1.29 is 19.5 Å². The highest BCUT2D eigenvalue weighted by molar-refractivity contribution is 8.13. The summed E-state index contributed by atoms with van der Waals surface area (Å²) in [6.07, 6.45) is 0. The average molecular weight is 219 g/mol. The number of thioether (sulfide) groups is 1. The van der Waals surface area contributed by atoms with Crippen LogP contribution in [0.15, 0.2) is 0 Å². The Morgan fingerprint density at radius 2 is 2.00 bits per heavy atom. The van der Waals surface area contributed by atoms with Gasteiger partial charge in [-0.15, -0.1) is 0 Å². The molecule has 0 aliphatic heterocycles. The second-order valence-corrected chi connectivity index (χ2v) is 4.77. The molecule has 0 bridgehead atoms. The minimum Gasteiger partial charge on any atom is -0.480 e. The molecule has 0 aromatic rings. The predicted octanol–water partition coefficient (Wildman–Crippen LogP) is 0.278. The first-order valence-corrected chi connectivity index (χ1v) is 4.80. The molecule has 0 rings (SSSR count). The third-order valence-corrected chi connectivity index (χ3v) is 2.58. The van der Waals surface area contributed by atoms with Gasteiger partial charge in [0.2, 0.25) is 5.91 Å². The van der Waals surface area contributed by atoms with Crippen LogP contribution in [0.3, 0.4) is 0 Å². The Labute approximate surface area is 86.2 Å². The van der Waals surface area contributed by atoms with E-state index < -0.39 is 22.7 Å². The summed E-state index contributed by atoms with van der Waals surface area (Å²) in [5.74, 6) is -1.59. The highest BCUT2D eigenvalue weighted by Gasteiger charge is 2.36. The minimum absolute atomic E-state index is 0.433. The summed E-state index contributed by atoms with van der Waals surface area (Å²) in [5.41, 5.74) is 0.567. The SMILES string of the molecule is CC(=O)N[C@H](C(=O)O)C(C)(C)SC=O. The largest absolute Gasteiger partial charge is 0.480 e. The van der Waals surface area contributed by atoms with Gasteiger partial charge in [-0.1, -0.05) is 11.8 Å². The summed E-state index contributed by atoms with van der Waals surface area (Å²) in [7, 11) is 0. The first-order valence-electron chi connectivity index (χ1n) is 3.92. The average Bonchev–Trinajstić information content (AvgIpc) is 1.99. The second kappa shape index (κ2) is 4.99. The molecule has 0 unspecified atom stereocenters. The fourth-order valence-electron chi connectivity index (χ4n) is 0.928. The van der Waals surface area contributed by atoms with Gasteiger partial charge in [0.1, 0.15) is 6.04 Å². The molecule has 14 heavy (non-hydrogen) atoms. The van der Waals surface area contributed by atoms with Crippen molar-refractivity contribution in [2.75, 3.05) is 0 Å². The van der Waals surface area contributed by atoms with Crippen LogP contribution in [0.4, 0.5) is 0 Å². The van der Waals surface area contributed by atoms with Gasteiger partial charge in [-0.2, -0.15) is 0 Å². The molecule has 0 aromatic carbocycles. The van der Waals surface area contributed by atoms with Crippen LogP contribution >= 0.6 is 11.8 Å². The van der Waals surface area contributed by atoms with Crippen molar-refractivity contribution in [1.82, 2.24) is 5.32 Å². The zero-order chi connectivity index (χ0) is 11.4. The van der Waals surface area contributed by atoms with Gasteiger partial charge in [-0.3, -0.25) is 9.59 Å². The van der Waals surface area contributed by atoms with E-state index in [0.717, 1.165) is 11.8 Å². The molecule has 0 aromatic heterocycles. The zero-order valence-electron chi connectivity index (χ0n) is 8.23.